The fourth-order valence-corrected chi connectivity index (χ4v) is 2.09. The van der Waals surface area contributed by atoms with Crippen molar-refractivity contribution in [2.45, 2.75) is 13.8 Å². The minimum absolute atomic E-state index is 0.164. The zero-order valence-electron chi connectivity index (χ0n) is 14.1. The van der Waals surface area contributed by atoms with Gasteiger partial charge in [0.2, 0.25) is 0 Å². The molecule has 3 rings (SSSR count). The SMILES string of the molecule is CC.O=C(c1ccc(F)cc1)c1ccc(Oc2ccc(O)cc2)cc1. The molecule has 0 aliphatic carbocycles. The highest BCUT2D eigenvalue weighted by Crippen LogP contribution is 2.24. The van der Waals surface area contributed by atoms with Crippen molar-refractivity contribution in [2.75, 3.05) is 0 Å². The van der Waals surface area contributed by atoms with Crippen LogP contribution in [0.1, 0.15) is 29.8 Å². The molecule has 4 heteroatoms. The summed E-state index contributed by atoms with van der Waals surface area (Å²) >= 11 is 0. The van der Waals surface area contributed by atoms with E-state index >= 15 is 0 Å². The monoisotopic (exact) mass is 338 g/mol. The molecule has 3 aromatic rings. The van der Waals surface area contributed by atoms with Crippen LogP contribution in [0.4, 0.5) is 4.39 Å². The number of hydrogen-bond donors (Lipinski definition) is 1. The number of halogens is 1. The van der Waals surface area contributed by atoms with E-state index < -0.39 is 0 Å². The van der Waals surface area contributed by atoms with Crippen LogP contribution in [0.15, 0.2) is 72.8 Å². The molecule has 0 spiro atoms. The van der Waals surface area contributed by atoms with E-state index in [1.165, 1.54) is 36.4 Å². The Kier molecular flexibility index (Phi) is 6.29. The van der Waals surface area contributed by atoms with Gasteiger partial charge >= 0.3 is 0 Å². The van der Waals surface area contributed by atoms with Crippen molar-refractivity contribution >= 4 is 5.78 Å². The van der Waals surface area contributed by atoms with Gasteiger partial charge in [0.25, 0.3) is 0 Å². The summed E-state index contributed by atoms with van der Waals surface area (Å²) in [6.07, 6.45) is 0. The van der Waals surface area contributed by atoms with Crippen LogP contribution in [-0.2, 0) is 0 Å². The second-order valence-electron chi connectivity index (χ2n) is 4.96. The molecule has 0 amide bonds. The molecule has 3 nitrogen and oxygen atoms in total. The van der Waals surface area contributed by atoms with E-state index in [0.29, 0.717) is 22.6 Å². The minimum atomic E-state index is -0.376. The first-order chi connectivity index (χ1) is 12.1. The number of ketones is 1. The third-order valence-corrected chi connectivity index (χ3v) is 3.30. The number of ether oxygens (including phenoxy) is 1. The Labute approximate surface area is 146 Å². The first-order valence-corrected chi connectivity index (χ1v) is 7.99. The molecule has 0 bridgehead atoms. The quantitative estimate of drug-likeness (QED) is 0.632. The summed E-state index contributed by atoms with van der Waals surface area (Å²) in [7, 11) is 0. The lowest BCUT2D eigenvalue weighted by Gasteiger charge is -2.07. The average Bonchev–Trinajstić information content (AvgIpc) is 2.66. The van der Waals surface area contributed by atoms with E-state index in [1.54, 1.807) is 36.4 Å². The number of rotatable bonds is 4. The summed E-state index contributed by atoms with van der Waals surface area (Å²) in [6, 6.07) is 18.5. The minimum Gasteiger partial charge on any atom is -0.508 e. The van der Waals surface area contributed by atoms with Crippen molar-refractivity contribution in [3.63, 3.8) is 0 Å². The number of benzene rings is 3. The van der Waals surface area contributed by atoms with Gasteiger partial charge in [-0.05, 0) is 72.8 Å². The van der Waals surface area contributed by atoms with Crippen molar-refractivity contribution in [3.8, 4) is 17.2 Å². The molecular weight excluding hydrogens is 319 g/mol. The van der Waals surface area contributed by atoms with E-state index in [-0.39, 0.29) is 17.3 Å². The first kappa shape index (κ1) is 18.2. The number of phenols is 1. The molecule has 0 atom stereocenters. The van der Waals surface area contributed by atoms with Crippen LogP contribution >= 0.6 is 0 Å². The Morgan fingerprint density at radius 2 is 1.16 bits per heavy atom. The number of aromatic hydroxyl groups is 1. The highest BCUT2D eigenvalue weighted by Gasteiger charge is 2.09. The van der Waals surface area contributed by atoms with Crippen molar-refractivity contribution in [2.24, 2.45) is 0 Å². The fraction of sp³-hybridized carbons (Fsp3) is 0.0952. The summed E-state index contributed by atoms with van der Waals surface area (Å²) in [4.78, 5) is 12.3. The summed E-state index contributed by atoms with van der Waals surface area (Å²) in [6.45, 7) is 4.00. The van der Waals surface area contributed by atoms with Gasteiger partial charge in [-0.25, -0.2) is 4.39 Å². The molecule has 0 saturated heterocycles. The summed E-state index contributed by atoms with van der Waals surface area (Å²) < 4.78 is 18.5. The van der Waals surface area contributed by atoms with Gasteiger partial charge in [0.1, 0.15) is 23.1 Å². The Morgan fingerprint density at radius 3 is 1.64 bits per heavy atom. The molecule has 0 heterocycles. The van der Waals surface area contributed by atoms with Crippen LogP contribution in [0.5, 0.6) is 17.2 Å². The van der Waals surface area contributed by atoms with Gasteiger partial charge in [0.05, 0.1) is 0 Å². The van der Waals surface area contributed by atoms with Crippen molar-refractivity contribution in [1.82, 2.24) is 0 Å². The Morgan fingerprint density at radius 1 is 0.760 bits per heavy atom. The molecule has 0 aliphatic heterocycles. The molecule has 0 radical (unpaired) electrons. The molecule has 25 heavy (non-hydrogen) atoms. The van der Waals surface area contributed by atoms with Crippen LogP contribution in [-0.4, -0.2) is 10.9 Å². The smallest absolute Gasteiger partial charge is 0.193 e. The van der Waals surface area contributed by atoms with Gasteiger partial charge in [-0.3, -0.25) is 4.79 Å². The maximum absolute atomic E-state index is 12.9. The van der Waals surface area contributed by atoms with Gasteiger partial charge in [0, 0.05) is 11.1 Å². The third kappa shape index (κ3) is 4.91. The van der Waals surface area contributed by atoms with E-state index in [4.69, 9.17) is 4.74 Å². The van der Waals surface area contributed by atoms with Crippen LogP contribution in [0.25, 0.3) is 0 Å². The molecule has 0 aromatic heterocycles. The number of phenolic OH excluding ortho intramolecular Hbond substituents is 1. The van der Waals surface area contributed by atoms with Crippen molar-refractivity contribution in [3.05, 3.63) is 89.7 Å². The Bertz CT molecular complexity index is 807. The molecule has 0 fully saturated rings. The lowest BCUT2D eigenvalue weighted by atomic mass is 10.0. The zero-order chi connectivity index (χ0) is 18.2. The van der Waals surface area contributed by atoms with Crippen LogP contribution < -0.4 is 4.74 Å². The molecular formula is C21H19FO3. The topological polar surface area (TPSA) is 46.5 Å². The molecule has 128 valence electrons. The predicted molar refractivity (Wildman–Crippen MR) is 95.8 cm³/mol. The first-order valence-electron chi connectivity index (χ1n) is 7.99. The standard InChI is InChI=1S/C19H13FO3.C2H6/c20-15-5-1-13(2-6-15)19(22)14-3-9-17(10-4-14)23-18-11-7-16(21)8-12-18;1-2/h1-12,21H;1-2H3. The van der Waals surface area contributed by atoms with E-state index in [9.17, 15) is 14.3 Å². The van der Waals surface area contributed by atoms with Gasteiger partial charge in [-0.2, -0.15) is 0 Å². The normalized spacial score (nSPS) is 9.72. The lowest BCUT2D eigenvalue weighted by Crippen LogP contribution is -2.01. The number of hydrogen-bond acceptors (Lipinski definition) is 3. The second-order valence-corrected chi connectivity index (χ2v) is 4.96. The zero-order valence-corrected chi connectivity index (χ0v) is 14.1. The van der Waals surface area contributed by atoms with Crippen LogP contribution in [0.3, 0.4) is 0 Å². The molecule has 0 saturated carbocycles. The highest BCUT2D eigenvalue weighted by molar-refractivity contribution is 6.08. The van der Waals surface area contributed by atoms with Crippen molar-refractivity contribution in [1.29, 1.82) is 0 Å². The van der Waals surface area contributed by atoms with Crippen LogP contribution in [0, 0.1) is 5.82 Å². The second kappa shape index (κ2) is 8.64. The van der Waals surface area contributed by atoms with E-state index in [1.807, 2.05) is 13.8 Å². The van der Waals surface area contributed by atoms with E-state index in [2.05, 4.69) is 0 Å². The van der Waals surface area contributed by atoms with Gasteiger partial charge < -0.3 is 9.84 Å². The van der Waals surface area contributed by atoms with Crippen molar-refractivity contribution < 1.29 is 19.0 Å². The largest absolute Gasteiger partial charge is 0.508 e. The molecule has 0 aliphatic rings. The fourth-order valence-electron chi connectivity index (χ4n) is 2.09. The summed E-state index contributed by atoms with van der Waals surface area (Å²) in [5.41, 5.74) is 0.924. The maximum atomic E-state index is 12.9. The molecule has 0 unspecified atom stereocenters. The summed E-state index contributed by atoms with van der Waals surface area (Å²) in [5, 5.41) is 9.23. The Balaban J connectivity index is 0.00000109. The van der Waals surface area contributed by atoms with Gasteiger partial charge in [-0.15, -0.1) is 0 Å². The Hall–Kier alpha value is -3.14. The number of carbonyl (C=O) groups excluding carboxylic acids is 1. The van der Waals surface area contributed by atoms with E-state index in [0.717, 1.165) is 0 Å². The average molecular weight is 338 g/mol. The highest BCUT2D eigenvalue weighted by atomic mass is 19.1. The predicted octanol–water partition coefficient (Wildman–Crippen LogP) is 5.58. The lowest BCUT2D eigenvalue weighted by molar-refractivity contribution is 0.103. The van der Waals surface area contributed by atoms with Crippen LogP contribution in [0.2, 0.25) is 0 Å². The third-order valence-electron chi connectivity index (χ3n) is 3.30. The maximum Gasteiger partial charge on any atom is 0.193 e. The van der Waals surface area contributed by atoms with Gasteiger partial charge in [-0.1, -0.05) is 13.8 Å². The molecule has 3 aromatic carbocycles. The molecule has 1 N–H and O–H groups in total. The van der Waals surface area contributed by atoms with Gasteiger partial charge in [0.15, 0.2) is 5.78 Å². The number of carbonyl (C=O) groups is 1. The summed E-state index contributed by atoms with van der Waals surface area (Å²) in [5.74, 6) is 0.768.